The molecule has 0 heterocycles. The number of esters is 1. The van der Waals surface area contributed by atoms with Crippen molar-refractivity contribution in [3.8, 4) is 0 Å². The SMILES string of the molecule is CCCCNC(=O)/C(=C\c1ccc(Cl)cc1)OC(=O)Cc1ccccc1. The lowest BCUT2D eigenvalue weighted by atomic mass is 10.1. The van der Waals surface area contributed by atoms with Crippen LogP contribution in [-0.4, -0.2) is 18.4 Å². The van der Waals surface area contributed by atoms with Gasteiger partial charge in [0.2, 0.25) is 0 Å². The minimum Gasteiger partial charge on any atom is -0.420 e. The van der Waals surface area contributed by atoms with E-state index in [1.54, 1.807) is 30.3 Å². The average molecular weight is 372 g/mol. The van der Waals surface area contributed by atoms with E-state index in [9.17, 15) is 9.59 Å². The average Bonchev–Trinajstić information content (AvgIpc) is 2.64. The fraction of sp³-hybridized carbons (Fsp3) is 0.238. The van der Waals surface area contributed by atoms with Gasteiger partial charge in [0, 0.05) is 11.6 Å². The summed E-state index contributed by atoms with van der Waals surface area (Å²) in [6, 6.07) is 16.2. The molecule has 0 saturated heterocycles. The number of nitrogens with one attached hydrogen (secondary N) is 1. The molecule has 0 aliphatic carbocycles. The highest BCUT2D eigenvalue weighted by Gasteiger charge is 2.16. The van der Waals surface area contributed by atoms with Crippen LogP contribution in [0, 0.1) is 0 Å². The zero-order valence-electron chi connectivity index (χ0n) is 14.7. The molecule has 0 bridgehead atoms. The summed E-state index contributed by atoms with van der Waals surface area (Å²) in [7, 11) is 0. The van der Waals surface area contributed by atoms with Crippen molar-refractivity contribution in [1.82, 2.24) is 5.32 Å². The van der Waals surface area contributed by atoms with Gasteiger partial charge in [-0.15, -0.1) is 0 Å². The van der Waals surface area contributed by atoms with Crippen LogP contribution in [0.15, 0.2) is 60.4 Å². The Balaban J connectivity index is 2.12. The maximum absolute atomic E-state index is 12.4. The van der Waals surface area contributed by atoms with Crippen molar-refractivity contribution < 1.29 is 14.3 Å². The zero-order valence-corrected chi connectivity index (χ0v) is 15.5. The normalized spacial score (nSPS) is 11.1. The number of benzene rings is 2. The van der Waals surface area contributed by atoms with Crippen LogP contribution < -0.4 is 5.32 Å². The summed E-state index contributed by atoms with van der Waals surface area (Å²) in [5, 5.41) is 3.37. The smallest absolute Gasteiger partial charge is 0.315 e. The van der Waals surface area contributed by atoms with E-state index in [1.165, 1.54) is 0 Å². The second-order valence-electron chi connectivity index (χ2n) is 5.81. The van der Waals surface area contributed by atoms with Gasteiger partial charge in [0.05, 0.1) is 6.42 Å². The summed E-state index contributed by atoms with van der Waals surface area (Å²) in [5.41, 5.74) is 1.55. The van der Waals surface area contributed by atoms with Crippen LogP contribution in [0.2, 0.25) is 5.02 Å². The molecular formula is C21H22ClNO3. The van der Waals surface area contributed by atoms with Gasteiger partial charge in [0.25, 0.3) is 5.91 Å². The predicted octanol–water partition coefficient (Wildman–Crippen LogP) is 4.38. The fourth-order valence-electron chi connectivity index (χ4n) is 2.24. The van der Waals surface area contributed by atoms with Crippen molar-refractivity contribution in [2.45, 2.75) is 26.2 Å². The van der Waals surface area contributed by atoms with Gasteiger partial charge >= 0.3 is 5.97 Å². The topological polar surface area (TPSA) is 55.4 Å². The second kappa shape index (κ2) is 10.4. The van der Waals surface area contributed by atoms with Crippen molar-refractivity contribution in [3.05, 3.63) is 76.5 Å². The molecule has 0 aliphatic rings. The van der Waals surface area contributed by atoms with Crippen molar-refractivity contribution in [1.29, 1.82) is 0 Å². The molecule has 0 saturated carbocycles. The number of rotatable bonds is 8. The Bertz CT molecular complexity index is 755. The van der Waals surface area contributed by atoms with Crippen molar-refractivity contribution in [2.75, 3.05) is 6.54 Å². The molecule has 26 heavy (non-hydrogen) atoms. The van der Waals surface area contributed by atoms with Crippen LogP contribution >= 0.6 is 11.6 Å². The lowest BCUT2D eigenvalue weighted by Gasteiger charge is -2.10. The first-order valence-electron chi connectivity index (χ1n) is 8.58. The molecule has 2 aromatic rings. The molecule has 1 N–H and O–H groups in total. The Morgan fingerprint density at radius 1 is 1.08 bits per heavy atom. The van der Waals surface area contributed by atoms with Gasteiger partial charge in [-0.25, -0.2) is 0 Å². The van der Waals surface area contributed by atoms with Crippen LogP contribution in [0.3, 0.4) is 0 Å². The molecule has 5 heteroatoms. The van der Waals surface area contributed by atoms with E-state index in [0.717, 1.165) is 24.0 Å². The zero-order chi connectivity index (χ0) is 18.8. The fourth-order valence-corrected chi connectivity index (χ4v) is 2.36. The lowest BCUT2D eigenvalue weighted by molar-refractivity contribution is -0.142. The van der Waals surface area contributed by atoms with E-state index in [2.05, 4.69) is 5.32 Å². The van der Waals surface area contributed by atoms with E-state index in [0.29, 0.717) is 11.6 Å². The Morgan fingerprint density at radius 3 is 2.42 bits per heavy atom. The van der Waals surface area contributed by atoms with Gasteiger partial charge in [0.1, 0.15) is 0 Å². The van der Waals surface area contributed by atoms with Crippen LogP contribution in [-0.2, 0) is 20.7 Å². The van der Waals surface area contributed by atoms with E-state index < -0.39 is 11.9 Å². The molecule has 1 amide bonds. The van der Waals surface area contributed by atoms with E-state index in [4.69, 9.17) is 16.3 Å². The van der Waals surface area contributed by atoms with Crippen LogP contribution in [0.5, 0.6) is 0 Å². The lowest BCUT2D eigenvalue weighted by Crippen LogP contribution is -2.28. The first-order valence-corrected chi connectivity index (χ1v) is 8.96. The van der Waals surface area contributed by atoms with Gasteiger partial charge in [-0.05, 0) is 35.8 Å². The highest BCUT2D eigenvalue weighted by molar-refractivity contribution is 6.30. The molecular weight excluding hydrogens is 350 g/mol. The van der Waals surface area contributed by atoms with Crippen LogP contribution in [0.25, 0.3) is 6.08 Å². The molecule has 0 aromatic heterocycles. The standard InChI is InChI=1S/C21H22ClNO3/c1-2-3-13-23-21(25)19(14-17-9-11-18(22)12-10-17)26-20(24)15-16-7-5-4-6-8-16/h4-12,14H,2-3,13,15H2,1H3,(H,23,25)/b19-14+. The Morgan fingerprint density at radius 2 is 1.77 bits per heavy atom. The van der Waals surface area contributed by atoms with Crippen LogP contribution in [0.4, 0.5) is 0 Å². The molecule has 2 aromatic carbocycles. The Kier molecular flexibility index (Phi) is 7.90. The summed E-state index contributed by atoms with van der Waals surface area (Å²) in [6.45, 7) is 2.57. The highest BCUT2D eigenvalue weighted by atomic mass is 35.5. The molecule has 0 aliphatic heterocycles. The first-order chi connectivity index (χ1) is 12.6. The predicted molar refractivity (Wildman–Crippen MR) is 104 cm³/mol. The highest BCUT2D eigenvalue weighted by Crippen LogP contribution is 2.14. The summed E-state index contributed by atoms with van der Waals surface area (Å²) in [4.78, 5) is 24.6. The third-order valence-corrected chi connectivity index (χ3v) is 3.87. The number of hydrogen-bond donors (Lipinski definition) is 1. The minimum atomic E-state index is -0.484. The van der Waals surface area contributed by atoms with Gasteiger partial charge in [-0.3, -0.25) is 9.59 Å². The Labute approximate surface area is 158 Å². The number of carbonyl (C=O) groups is 2. The molecule has 136 valence electrons. The number of hydrogen-bond acceptors (Lipinski definition) is 3. The number of carbonyl (C=O) groups excluding carboxylic acids is 2. The maximum atomic E-state index is 12.4. The van der Waals surface area contributed by atoms with Gasteiger partial charge in [0.15, 0.2) is 5.76 Å². The quantitative estimate of drug-likeness (QED) is 0.324. The second-order valence-corrected chi connectivity index (χ2v) is 6.24. The summed E-state index contributed by atoms with van der Waals surface area (Å²) < 4.78 is 5.36. The monoisotopic (exact) mass is 371 g/mol. The van der Waals surface area contributed by atoms with Gasteiger partial charge < -0.3 is 10.1 Å². The number of halogens is 1. The molecule has 0 spiro atoms. The number of ether oxygens (including phenoxy) is 1. The van der Waals surface area contributed by atoms with Crippen molar-refractivity contribution in [3.63, 3.8) is 0 Å². The van der Waals surface area contributed by atoms with Crippen molar-refractivity contribution >= 4 is 29.6 Å². The van der Waals surface area contributed by atoms with E-state index >= 15 is 0 Å². The maximum Gasteiger partial charge on any atom is 0.315 e. The molecule has 0 atom stereocenters. The molecule has 2 rings (SSSR count). The first kappa shape index (κ1) is 19.7. The largest absolute Gasteiger partial charge is 0.420 e. The van der Waals surface area contributed by atoms with Gasteiger partial charge in [-0.2, -0.15) is 0 Å². The summed E-state index contributed by atoms with van der Waals surface area (Å²) >= 11 is 5.88. The summed E-state index contributed by atoms with van der Waals surface area (Å²) in [6.07, 6.45) is 3.46. The summed E-state index contributed by atoms with van der Waals surface area (Å²) in [5.74, 6) is -0.916. The third kappa shape index (κ3) is 6.73. The molecule has 4 nitrogen and oxygen atoms in total. The van der Waals surface area contributed by atoms with Gasteiger partial charge in [-0.1, -0.05) is 67.4 Å². The van der Waals surface area contributed by atoms with E-state index in [-0.39, 0.29) is 12.2 Å². The molecule has 0 radical (unpaired) electrons. The number of amides is 1. The molecule has 0 fully saturated rings. The third-order valence-electron chi connectivity index (χ3n) is 3.62. The van der Waals surface area contributed by atoms with Crippen LogP contribution in [0.1, 0.15) is 30.9 Å². The van der Waals surface area contributed by atoms with Crippen molar-refractivity contribution in [2.24, 2.45) is 0 Å². The number of unbranched alkanes of at least 4 members (excludes halogenated alkanes) is 1. The van der Waals surface area contributed by atoms with E-state index in [1.807, 2.05) is 37.3 Å². The minimum absolute atomic E-state index is 0.0237. The molecule has 0 unspecified atom stereocenters. The Hall–Kier alpha value is -2.59.